The van der Waals surface area contributed by atoms with Crippen LogP contribution >= 0.6 is 11.8 Å². The highest BCUT2D eigenvalue weighted by Crippen LogP contribution is 2.24. The van der Waals surface area contributed by atoms with Gasteiger partial charge in [0.1, 0.15) is 5.75 Å². The first-order chi connectivity index (χ1) is 17.2. The molecule has 1 atom stereocenters. The number of amidine groups is 1. The molecule has 0 aliphatic carbocycles. The van der Waals surface area contributed by atoms with Gasteiger partial charge in [-0.25, -0.2) is 0 Å². The number of rotatable bonds is 15. The number of carbonyl (C=O) groups is 1. The number of benzene rings is 2. The lowest BCUT2D eigenvalue weighted by atomic mass is 10.0. The Hall–Kier alpha value is -2.60. The van der Waals surface area contributed by atoms with Gasteiger partial charge in [0.15, 0.2) is 5.17 Å². The molecule has 0 saturated carbocycles. The molecular weight excluding hydrogens is 454 g/mol. The van der Waals surface area contributed by atoms with Gasteiger partial charge in [-0.15, -0.1) is 5.10 Å². The first-order valence-corrected chi connectivity index (χ1v) is 13.9. The average Bonchev–Trinajstić information content (AvgIpc) is 3.22. The predicted octanol–water partition coefficient (Wildman–Crippen LogP) is 6.93. The highest BCUT2D eigenvalue weighted by molar-refractivity contribution is 8.15. The Morgan fingerprint density at radius 3 is 2.31 bits per heavy atom. The Balaban J connectivity index is 1.40. The summed E-state index contributed by atoms with van der Waals surface area (Å²) in [6.45, 7) is 5.20. The summed E-state index contributed by atoms with van der Waals surface area (Å²) in [5, 5.41) is 11.6. The number of carbonyl (C=O) groups excluding carboxylic acids is 1. The van der Waals surface area contributed by atoms with Gasteiger partial charge in [-0.05, 0) is 66.6 Å². The van der Waals surface area contributed by atoms with Crippen LogP contribution in [-0.4, -0.2) is 29.1 Å². The zero-order valence-corrected chi connectivity index (χ0v) is 22.0. The van der Waals surface area contributed by atoms with Crippen molar-refractivity contribution in [1.29, 1.82) is 0 Å². The monoisotopic (exact) mass is 493 g/mol. The van der Waals surface area contributed by atoms with E-state index in [2.05, 4.69) is 53.6 Å². The fourth-order valence-corrected chi connectivity index (χ4v) is 4.86. The Kier molecular flexibility index (Phi) is 11.9. The van der Waals surface area contributed by atoms with Gasteiger partial charge in [-0.3, -0.25) is 4.79 Å². The lowest BCUT2D eigenvalue weighted by Crippen LogP contribution is -2.25. The van der Waals surface area contributed by atoms with Crippen molar-refractivity contribution >= 4 is 29.1 Å². The largest absolute Gasteiger partial charge is 0.494 e. The van der Waals surface area contributed by atoms with Crippen LogP contribution in [0.15, 0.2) is 58.7 Å². The third-order valence-electron chi connectivity index (χ3n) is 6.04. The molecule has 6 heteroatoms. The van der Waals surface area contributed by atoms with E-state index in [0.717, 1.165) is 30.8 Å². The molecule has 1 saturated heterocycles. The summed E-state index contributed by atoms with van der Waals surface area (Å²) in [6, 6.07) is 16.5. The third kappa shape index (κ3) is 9.88. The van der Waals surface area contributed by atoms with Crippen molar-refractivity contribution < 1.29 is 9.53 Å². The highest BCUT2D eigenvalue weighted by atomic mass is 32.2. The number of hydrogen-bond acceptors (Lipinski definition) is 5. The molecule has 1 aliphatic heterocycles. The third-order valence-corrected chi connectivity index (χ3v) is 7.11. The number of ether oxygens (including phenoxy) is 1. The van der Waals surface area contributed by atoms with E-state index in [1.165, 1.54) is 67.8 Å². The number of nitrogens with zero attached hydrogens (tertiary/aromatic N) is 2. The maximum atomic E-state index is 12.4. The van der Waals surface area contributed by atoms with E-state index in [1.54, 1.807) is 6.21 Å². The highest BCUT2D eigenvalue weighted by Gasteiger charge is 2.30. The number of aryl methyl sites for hydroxylation is 1. The van der Waals surface area contributed by atoms with Crippen LogP contribution in [0.3, 0.4) is 0 Å². The van der Waals surface area contributed by atoms with Gasteiger partial charge in [0, 0.05) is 0 Å². The SMILES string of the molecule is CCCCCCCCOc1ccc(/C=N\N=C2\NC(=O)[C@H](Cc3ccc(CCCC)cc3)S2)cc1. The number of amides is 1. The topological polar surface area (TPSA) is 63.1 Å². The molecule has 1 N–H and O–H groups in total. The molecule has 0 radical (unpaired) electrons. The van der Waals surface area contributed by atoms with Crippen molar-refractivity contribution in [2.45, 2.75) is 83.3 Å². The molecule has 0 unspecified atom stereocenters. The van der Waals surface area contributed by atoms with Crippen molar-refractivity contribution in [3.8, 4) is 5.75 Å². The summed E-state index contributed by atoms with van der Waals surface area (Å²) >= 11 is 1.44. The van der Waals surface area contributed by atoms with Crippen LogP contribution in [0.5, 0.6) is 5.75 Å². The molecule has 1 heterocycles. The summed E-state index contributed by atoms with van der Waals surface area (Å²) in [6.07, 6.45) is 13.4. The van der Waals surface area contributed by atoms with Crippen molar-refractivity contribution in [2.24, 2.45) is 10.2 Å². The van der Waals surface area contributed by atoms with E-state index in [1.807, 2.05) is 24.3 Å². The van der Waals surface area contributed by atoms with Crippen LogP contribution in [-0.2, 0) is 17.6 Å². The molecule has 1 fully saturated rings. The number of hydrogen-bond donors (Lipinski definition) is 1. The maximum absolute atomic E-state index is 12.4. The van der Waals surface area contributed by atoms with Crippen LogP contribution in [0.2, 0.25) is 0 Å². The van der Waals surface area contributed by atoms with Gasteiger partial charge in [0.05, 0.1) is 18.1 Å². The summed E-state index contributed by atoms with van der Waals surface area (Å²) in [4.78, 5) is 12.4. The maximum Gasteiger partial charge on any atom is 0.239 e. The summed E-state index contributed by atoms with van der Waals surface area (Å²) in [5.41, 5.74) is 3.46. The first kappa shape index (κ1) is 27.0. The minimum absolute atomic E-state index is 0.00845. The second-order valence-electron chi connectivity index (χ2n) is 9.05. The fraction of sp³-hybridized carbons (Fsp3) is 0.483. The average molecular weight is 494 g/mol. The second kappa shape index (κ2) is 15.4. The van der Waals surface area contributed by atoms with Crippen LogP contribution in [0, 0.1) is 0 Å². The van der Waals surface area contributed by atoms with E-state index in [4.69, 9.17) is 4.74 Å². The first-order valence-electron chi connectivity index (χ1n) is 13.1. The normalized spacial score (nSPS) is 16.8. The number of nitrogens with one attached hydrogen (secondary N) is 1. The Morgan fingerprint density at radius 1 is 0.886 bits per heavy atom. The van der Waals surface area contributed by atoms with E-state index in [0.29, 0.717) is 11.6 Å². The quantitative estimate of drug-likeness (QED) is 0.166. The molecule has 3 rings (SSSR count). The standard InChI is InChI=1S/C29H39N3O2S/c1-3-5-7-8-9-10-20-34-26-18-16-25(17-19-26)22-30-32-29-31-28(33)27(35-29)21-24-14-12-23(13-15-24)11-6-4-2/h12-19,22,27H,3-11,20-21H2,1-2H3,(H,31,32,33)/b30-22-/t27-/m0/s1. The summed E-state index contributed by atoms with van der Waals surface area (Å²) in [7, 11) is 0. The van der Waals surface area contributed by atoms with Gasteiger partial charge >= 0.3 is 0 Å². The summed E-state index contributed by atoms with van der Waals surface area (Å²) in [5.74, 6) is 0.868. The molecular formula is C29H39N3O2S. The van der Waals surface area contributed by atoms with Gasteiger partial charge < -0.3 is 10.1 Å². The Morgan fingerprint density at radius 2 is 1.57 bits per heavy atom. The smallest absolute Gasteiger partial charge is 0.239 e. The second-order valence-corrected chi connectivity index (χ2v) is 10.2. The van der Waals surface area contributed by atoms with Crippen LogP contribution in [0.1, 0.15) is 81.9 Å². The zero-order chi connectivity index (χ0) is 24.7. The molecule has 35 heavy (non-hydrogen) atoms. The molecule has 1 aliphatic rings. The molecule has 0 aromatic heterocycles. The van der Waals surface area contributed by atoms with Crippen molar-refractivity contribution in [2.75, 3.05) is 6.61 Å². The lowest BCUT2D eigenvalue weighted by Gasteiger charge is -2.06. The van der Waals surface area contributed by atoms with Crippen molar-refractivity contribution in [3.63, 3.8) is 0 Å². The van der Waals surface area contributed by atoms with Crippen molar-refractivity contribution in [3.05, 3.63) is 65.2 Å². The minimum atomic E-state index is -0.173. The van der Waals surface area contributed by atoms with E-state index < -0.39 is 0 Å². The number of thioether (sulfide) groups is 1. The van der Waals surface area contributed by atoms with E-state index in [-0.39, 0.29) is 11.2 Å². The molecule has 0 spiro atoms. The van der Waals surface area contributed by atoms with Crippen molar-refractivity contribution in [1.82, 2.24) is 5.32 Å². The fourth-order valence-electron chi connectivity index (χ4n) is 3.89. The Labute approximate surface area is 214 Å². The summed E-state index contributed by atoms with van der Waals surface area (Å²) < 4.78 is 5.83. The molecule has 2 aromatic carbocycles. The molecule has 1 amide bonds. The number of unbranched alkanes of at least 4 members (excludes halogenated alkanes) is 6. The molecule has 0 bridgehead atoms. The molecule has 188 valence electrons. The predicted molar refractivity (Wildman–Crippen MR) is 149 cm³/mol. The van der Waals surface area contributed by atoms with E-state index >= 15 is 0 Å². The van der Waals surface area contributed by atoms with Crippen LogP contribution < -0.4 is 10.1 Å². The minimum Gasteiger partial charge on any atom is -0.494 e. The molecule has 5 nitrogen and oxygen atoms in total. The zero-order valence-electron chi connectivity index (χ0n) is 21.2. The van der Waals surface area contributed by atoms with E-state index in [9.17, 15) is 4.79 Å². The van der Waals surface area contributed by atoms with Gasteiger partial charge in [0.25, 0.3) is 0 Å². The van der Waals surface area contributed by atoms with Crippen LogP contribution in [0.4, 0.5) is 0 Å². The van der Waals surface area contributed by atoms with Crippen LogP contribution in [0.25, 0.3) is 0 Å². The van der Waals surface area contributed by atoms with Gasteiger partial charge in [-0.2, -0.15) is 5.10 Å². The molecule has 2 aromatic rings. The van der Waals surface area contributed by atoms with Gasteiger partial charge in [-0.1, -0.05) is 88.4 Å². The van der Waals surface area contributed by atoms with Gasteiger partial charge in [0.2, 0.25) is 5.91 Å². The lowest BCUT2D eigenvalue weighted by molar-refractivity contribution is -0.118. The Bertz CT molecular complexity index is 955.